The van der Waals surface area contributed by atoms with E-state index in [0.29, 0.717) is 13.2 Å². The van der Waals surface area contributed by atoms with Gasteiger partial charge in [-0.15, -0.1) is 24.0 Å². The molecule has 0 spiro atoms. The summed E-state index contributed by atoms with van der Waals surface area (Å²) in [5, 5.41) is 6.67. The van der Waals surface area contributed by atoms with Crippen LogP contribution < -0.4 is 15.4 Å². The smallest absolute Gasteiger partial charge is 0.191 e. The van der Waals surface area contributed by atoms with Crippen LogP contribution in [0.4, 0.5) is 0 Å². The zero-order valence-electron chi connectivity index (χ0n) is 15.2. The molecule has 0 fully saturated rings. The highest BCUT2D eigenvalue weighted by Crippen LogP contribution is 2.20. The minimum Gasteiger partial charge on any atom is -0.494 e. The fourth-order valence-corrected chi connectivity index (χ4v) is 2.38. The third-order valence-electron chi connectivity index (χ3n) is 3.64. The topological polar surface area (TPSA) is 63.5 Å². The number of benzene rings is 1. The Balaban J connectivity index is 0.00000312. The minimum absolute atomic E-state index is 0. The fourth-order valence-electron chi connectivity index (χ4n) is 2.38. The summed E-state index contributed by atoms with van der Waals surface area (Å²) in [5.41, 5.74) is 2.33. The summed E-state index contributed by atoms with van der Waals surface area (Å²) in [6.07, 6.45) is 6.61. The van der Waals surface area contributed by atoms with Crippen LogP contribution in [0.5, 0.6) is 5.75 Å². The van der Waals surface area contributed by atoms with Crippen LogP contribution in [0.25, 0.3) is 0 Å². The molecule has 7 heteroatoms. The van der Waals surface area contributed by atoms with E-state index in [9.17, 15) is 0 Å². The molecule has 0 unspecified atom stereocenters. The average molecular weight is 457 g/mol. The summed E-state index contributed by atoms with van der Waals surface area (Å²) in [7, 11) is 1.78. The van der Waals surface area contributed by atoms with Crippen LogP contribution in [0.15, 0.2) is 41.9 Å². The number of hydrogen-bond acceptors (Lipinski definition) is 3. The van der Waals surface area contributed by atoms with E-state index in [1.165, 1.54) is 5.56 Å². The van der Waals surface area contributed by atoms with E-state index in [4.69, 9.17) is 4.74 Å². The Morgan fingerprint density at radius 1 is 1.32 bits per heavy atom. The molecule has 0 bridgehead atoms. The molecule has 0 radical (unpaired) electrons. The van der Waals surface area contributed by atoms with E-state index in [0.717, 1.165) is 36.8 Å². The second kappa shape index (κ2) is 11.7. The number of aryl methyl sites for hydroxylation is 2. The molecule has 0 atom stereocenters. The Bertz CT molecular complexity index is 643. The zero-order chi connectivity index (χ0) is 17.2. The number of rotatable bonds is 8. The van der Waals surface area contributed by atoms with Crippen LogP contribution >= 0.6 is 24.0 Å². The second-order valence-electron chi connectivity index (χ2n) is 5.55. The van der Waals surface area contributed by atoms with Gasteiger partial charge in [0.25, 0.3) is 0 Å². The molecular formula is C18H28IN5O. The molecule has 138 valence electrons. The Morgan fingerprint density at radius 2 is 2.16 bits per heavy atom. The lowest BCUT2D eigenvalue weighted by molar-refractivity contribution is 0.336. The highest BCUT2D eigenvalue weighted by atomic mass is 127. The van der Waals surface area contributed by atoms with Crippen molar-refractivity contribution in [2.75, 3.05) is 20.2 Å². The second-order valence-corrected chi connectivity index (χ2v) is 5.55. The van der Waals surface area contributed by atoms with Gasteiger partial charge in [-0.05, 0) is 31.9 Å². The molecule has 0 saturated heterocycles. The third kappa shape index (κ3) is 7.33. The van der Waals surface area contributed by atoms with Crippen LogP contribution in [0.1, 0.15) is 24.5 Å². The van der Waals surface area contributed by atoms with Crippen molar-refractivity contribution in [1.29, 1.82) is 0 Å². The normalized spacial score (nSPS) is 10.9. The van der Waals surface area contributed by atoms with Crippen LogP contribution in [0.3, 0.4) is 0 Å². The van der Waals surface area contributed by atoms with E-state index < -0.39 is 0 Å². The number of imidazole rings is 1. The van der Waals surface area contributed by atoms with E-state index in [1.54, 1.807) is 13.2 Å². The Morgan fingerprint density at radius 3 is 2.84 bits per heavy atom. The molecule has 0 amide bonds. The molecular weight excluding hydrogens is 429 g/mol. The van der Waals surface area contributed by atoms with Crippen molar-refractivity contribution in [2.45, 2.75) is 33.4 Å². The molecule has 1 heterocycles. The largest absolute Gasteiger partial charge is 0.494 e. The molecule has 2 rings (SSSR count). The lowest BCUT2D eigenvalue weighted by Gasteiger charge is -2.15. The predicted molar refractivity (Wildman–Crippen MR) is 113 cm³/mol. The monoisotopic (exact) mass is 457 g/mol. The van der Waals surface area contributed by atoms with Gasteiger partial charge in [-0.1, -0.05) is 12.1 Å². The number of ether oxygens (including phenoxy) is 1. The molecule has 2 aromatic rings. The van der Waals surface area contributed by atoms with Crippen LogP contribution in [-0.2, 0) is 13.1 Å². The van der Waals surface area contributed by atoms with E-state index in [1.807, 2.05) is 19.4 Å². The lowest BCUT2D eigenvalue weighted by atomic mass is 10.1. The number of halogens is 1. The average Bonchev–Trinajstić information content (AvgIpc) is 3.09. The maximum Gasteiger partial charge on any atom is 0.191 e. The number of hydrogen-bond donors (Lipinski definition) is 2. The maximum atomic E-state index is 5.71. The van der Waals surface area contributed by atoms with E-state index in [2.05, 4.69) is 50.3 Å². The number of aliphatic imine (C=N–C) groups is 1. The molecule has 1 aromatic carbocycles. The van der Waals surface area contributed by atoms with Gasteiger partial charge in [0.2, 0.25) is 0 Å². The molecule has 0 aliphatic rings. The van der Waals surface area contributed by atoms with Crippen molar-refractivity contribution in [2.24, 2.45) is 4.99 Å². The molecule has 0 saturated carbocycles. The van der Waals surface area contributed by atoms with Crippen molar-refractivity contribution in [1.82, 2.24) is 20.2 Å². The first-order chi connectivity index (χ1) is 11.7. The van der Waals surface area contributed by atoms with Crippen molar-refractivity contribution < 1.29 is 4.74 Å². The Labute approximate surface area is 167 Å². The van der Waals surface area contributed by atoms with Gasteiger partial charge in [0, 0.05) is 44.6 Å². The Hall–Kier alpha value is -1.77. The number of nitrogens with zero attached hydrogens (tertiary/aromatic N) is 3. The molecule has 2 N–H and O–H groups in total. The van der Waals surface area contributed by atoms with Gasteiger partial charge in [-0.3, -0.25) is 4.99 Å². The van der Waals surface area contributed by atoms with Crippen molar-refractivity contribution in [3.05, 3.63) is 48.0 Å². The SMILES string of the molecule is CCOc1cc(C)ccc1CNC(=NC)NCCCn1ccnc1.I. The zero-order valence-corrected chi connectivity index (χ0v) is 17.5. The van der Waals surface area contributed by atoms with Crippen molar-refractivity contribution >= 4 is 29.9 Å². The third-order valence-corrected chi connectivity index (χ3v) is 3.64. The van der Waals surface area contributed by atoms with Gasteiger partial charge >= 0.3 is 0 Å². The van der Waals surface area contributed by atoms with Gasteiger partial charge < -0.3 is 19.9 Å². The number of guanidine groups is 1. The summed E-state index contributed by atoms with van der Waals surface area (Å²) in [4.78, 5) is 8.30. The minimum atomic E-state index is 0. The van der Waals surface area contributed by atoms with Crippen molar-refractivity contribution in [3.63, 3.8) is 0 Å². The van der Waals surface area contributed by atoms with Gasteiger partial charge in [0.1, 0.15) is 5.75 Å². The van der Waals surface area contributed by atoms with Gasteiger partial charge in [-0.25, -0.2) is 4.98 Å². The molecule has 0 aliphatic carbocycles. The van der Waals surface area contributed by atoms with Crippen molar-refractivity contribution in [3.8, 4) is 5.75 Å². The number of nitrogens with one attached hydrogen (secondary N) is 2. The van der Waals surface area contributed by atoms with Gasteiger partial charge in [0.05, 0.1) is 12.9 Å². The number of aromatic nitrogens is 2. The first kappa shape index (κ1) is 21.3. The van der Waals surface area contributed by atoms with E-state index in [-0.39, 0.29) is 24.0 Å². The van der Waals surface area contributed by atoms with Gasteiger partial charge in [0.15, 0.2) is 5.96 Å². The summed E-state index contributed by atoms with van der Waals surface area (Å²) in [6, 6.07) is 6.27. The quantitative estimate of drug-likeness (QED) is 0.277. The first-order valence-electron chi connectivity index (χ1n) is 8.35. The molecule has 6 nitrogen and oxygen atoms in total. The van der Waals surface area contributed by atoms with Crippen LogP contribution in [0.2, 0.25) is 0 Å². The molecule has 1 aromatic heterocycles. The van der Waals surface area contributed by atoms with Gasteiger partial charge in [-0.2, -0.15) is 0 Å². The summed E-state index contributed by atoms with van der Waals surface area (Å²) in [5.74, 6) is 1.73. The van der Waals surface area contributed by atoms with Crippen LogP contribution in [-0.4, -0.2) is 35.7 Å². The van der Waals surface area contributed by atoms with Crippen LogP contribution in [0, 0.1) is 6.92 Å². The highest BCUT2D eigenvalue weighted by Gasteiger charge is 2.05. The summed E-state index contributed by atoms with van der Waals surface area (Å²) >= 11 is 0. The summed E-state index contributed by atoms with van der Waals surface area (Å²) in [6.45, 7) is 7.20. The lowest BCUT2D eigenvalue weighted by Crippen LogP contribution is -2.37. The maximum absolute atomic E-state index is 5.71. The standard InChI is InChI=1S/C18H27N5O.HI/c1-4-24-17-12-15(2)6-7-16(17)13-22-18(19-3)21-8-5-10-23-11-9-20-14-23;/h6-7,9,11-12,14H,4-5,8,10,13H2,1-3H3,(H2,19,21,22);1H. The summed E-state index contributed by atoms with van der Waals surface area (Å²) < 4.78 is 7.78. The highest BCUT2D eigenvalue weighted by molar-refractivity contribution is 14.0. The molecule has 25 heavy (non-hydrogen) atoms. The predicted octanol–water partition coefficient (Wildman–Crippen LogP) is 2.96. The molecule has 0 aliphatic heterocycles. The Kier molecular flexibility index (Phi) is 9.98. The first-order valence-corrected chi connectivity index (χ1v) is 8.35. The fraction of sp³-hybridized carbons (Fsp3) is 0.444. The van der Waals surface area contributed by atoms with E-state index >= 15 is 0 Å².